The molecule has 0 N–H and O–H groups in total. The van der Waals surface area contributed by atoms with Gasteiger partial charge in [-0.1, -0.05) is 13.8 Å². The van der Waals surface area contributed by atoms with E-state index in [0.29, 0.717) is 6.61 Å². The molecule has 4 heteroatoms. The first-order valence-electron chi connectivity index (χ1n) is 6.20. The molecule has 0 bridgehead atoms. The normalized spacial score (nSPS) is 19.4. The molecular weight excluding hydrogens is 206 g/mol. The Morgan fingerprint density at radius 1 is 1.44 bits per heavy atom. The van der Waals surface area contributed by atoms with Crippen LogP contribution in [0.3, 0.4) is 0 Å². The Balaban J connectivity index is 2.00. The SMILES string of the molecule is CCC(C)C(=O)OCCCN1CCOCC1. The quantitative estimate of drug-likeness (QED) is 0.508. The van der Waals surface area contributed by atoms with E-state index in [9.17, 15) is 4.79 Å². The van der Waals surface area contributed by atoms with Crippen molar-refractivity contribution in [2.45, 2.75) is 26.7 Å². The molecule has 0 spiro atoms. The van der Waals surface area contributed by atoms with Gasteiger partial charge in [0.1, 0.15) is 0 Å². The van der Waals surface area contributed by atoms with Crippen LogP contribution in [0.15, 0.2) is 0 Å². The monoisotopic (exact) mass is 229 g/mol. The van der Waals surface area contributed by atoms with Gasteiger partial charge in [-0.05, 0) is 12.8 Å². The van der Waals surface area contributed by atoms with E-state index < -0.39 is 0 Å². The van der Waals surface area contributed by atoms with Crippen LogP contribution in [0.1, 0.15) is 26.7 Å². The zero-order valence-electron chi connectivity index (χ0n) is 10.4. The Morgan fingerprint density at radius 3 is 2.75 bits per heavy atom. The standard InChI is InChI=1S/C12H23NO3/c1-3-11(2)12(14)16-8-4-5-13-6-9-15-10-7-13/h11H,3-10H2,1-2H3. The summed E-state index contributed by atoms with van der Waals surface area (Å²) in [6, 6.07) is 0. The summed E-state index contributed by atoms with van der Waals surface area (Å²) in [5.41, 5.74) is 0. The third-order valence-electron chi connectivity index (χ3n) is 2.98. The number of esters is 1. The van der Waals surface area contributed by atoms with Gasteiger partial charge in [0.05, 0.1) is 25.7 Å². The van der Waals surface area contributed by atoms with Crippen molar-refractivity contribution < 1.29 is 14.3 Å². The molecule has 0 amide bonds. The second kappa shape index (κ2) is 7.63. The molecule has 0 aliphatic carbocycles. The van der Waals surface area contributed by atoms with Crippen LogP contribution in [0.5, 0.6) is 0 Å². The predicted octanol–water partition coefficient (Wildman–Crippen LogP) is 1.30. The highest BCUT2D eigenvalue weighted by molar-refractivity contribution is 5.71. The van der Waals surface area contributed by atoms with Crippen LogP contribution in [0, 0.1) is 5.92 Å². The molecule has 1 atom stereocenters. The lowest BCUT2D eigenvalue weighted by molar-refractivity contribution is -0.148. The summed E-state index contributed by atoms with van der Waals surface area (Å²) < 4.78 is 10.5. The molecule has 1 aliphatic rings. The number of carbonyl (C=O) groups excluding carboxylic acids is 1. The van der Waals surface area contributed by atoms with E-state index in [-0.39, 0.29) is 11.9 Å². The van der Waals surface area contributed by atoms with Crippen molar-refractivity contribution in [1.82, 2.24) is 4.90 Å². The van der Waals surface area contributed by atoms with Gasteiger partial charge in [-0.25, -0.2) is 0 Å². The van der Waals surface area contributed by atoms with Crippen molar-refractivity contribution in [3.63, 3.8) is 0 Å². The number of nitrogens with zero attached hydrogens (tertiary/aromatic N) is 1. The zero-order valence-corrected chi connectivity index (χ0v) is 10.4. The van der Waals surface area contributed by atoms with Crippen LogP contribution in [0.25, 0.3) is 0 Å². The zero-order chi connectivity index (χ0) is 11.8. The summed E-state index contributed by atoms with van der Waals surface area (Å²) in [7, 11) is 0. The van der Waals surface area contributed by atoms with Gasteiger partial charge < -0.3 is 9.47 Å². The Hall–Kier alpha value is -0.610. The third kappa shape index (κ3) is 4.94. The number of hydrogen-bond acceptors (Lipinski definition) is 4. The van der Waals surface area contributed by atoms with Gasteiger partial charge in [0.15, 0.2) is 0 Å². The molecule has 1 fully saturated rings. The molecule has 0 saturated carbocycles. The largest absolute Gasteiger partial charge is 0.465 e. The van der Waals surface area contributed by atoms with Gasteiger partial charge in [-0.3, -0.25) is 9.69 Å². The van der Waals surface area contributed by atoms with Gasteiger partial charge in [0.25, 0.3) is 0 Å². The first kappa shape index (κ1) is 13.5. The first-order valence-corrected chi connectivity index (χ1v) is 6.20. The Kier molecular flexibility index (Phi) is 6.42. The van der Waals surface area contributed by atoms with Crippen LogP contribution in [-0.2, 0) is 14.3 Å². The van der Waals surface area contributed by atoms with Gasteiger partial charge in [-0.15, -0.1) is 0 Å². The van der Waals surface area contributed by atoms with E-state index in [1.165, 1.54) is 0 Å². The third-order valence-corrected chi connectivity index (χ3v) is 2.98. The Labute approximate surface area is 97.9 Å². The molecule has 1 heterocycles. The van der Waals surface area contributed by atoms with Gasteiger partial charge in [-0.2, -0.15) is 0 Å². The summed E-state index contributed by atoms with van der Waals surface area (Å²) in [6.07, 6.45) is 1.77. The Bertz CT molecular complexity index is 202. The number of morpholine rings is 1. The van der Waals surface area contributed by atoms with E-state index in [1.807, 2.05) is 13.8 Å². The maximum atomic E-state index is 11.4. The molecule has 4 nitrogen and oxygen atoms in total. The molecule has 1 unspecified atom stereocenters. The van der Waals surface area contributed by atoms with Gasteiger partial charge in [0.2, 0.25) is 0 Å². The molecule has 1 saturated heterocycles. The molecule has 0 aromatic carbocycles. The minimum Gasteiger partial charge on any atom is -0.465 e. The molecule has 94 valence electrons. The second-order valence-corrected chi connectivity index (χ2v) is 4.28. The highest BCUT2D eigenvalue weighted by atomic mass is 16.5. The molecule has 0 radical (unpaired) electrons. The van der Waals surface area contributed by atoms with Crippen molar-refractivity contribution in [1.29, 1.82) is 0 Å². The molecule has 0 aromatic rings. The molecule has 16 heavy (non-hydrogen) atoms. The lowest BCUT2D eigenvalue weighted by Crippen LogP contribution is -2.37. The van der Waals surface area contributed by atoms with Crippen LogP contribution in [0.4, 0.5) is 0 Å². The average Bonchev–Trinajstić information content (AvgIpc) is 2.34. The fourth-order valence-electron chi connectivity index (χ4n) is 1.59. The van der Waals surface area contributed by atoms with Crippen molar-refractivity contribution in [3.8, 4) is 0 Å². The van der Waals surface area contributed by atoms with Crippen molar-refractivity contribution in [2.24, 2.45) is 5.92 Å². The fourth-order valence-corrected chi connectivity index (χ4v) is 1.59. The van der Waals surface area contributed by atoms with Crippen LogP contribution in [-0.4, -0.2) is 50.3 Å². The summed E-state index contributed by atoms with van der Waals surface area (Å²) in [6.45, 7) is 9.10. The number of carbonyl (C=O) groups is 1. The van der Waals surface area contributed by atoms with E-state index in [4.69, 9.17) is 9.47 Å². The van der Waals surface area contributed by atoms with E-state index in [0.717, 1.165) is 45.7 Å². The lowest BCUT2D eigenvalue weighted by Gasteiger charge is -2.26. The fraction of sp³-hybridized carbons (Fsp3) is 0.917. The highest BCUT2D eigenvalue weighted by Gasteiger charge is 2.12. The molecule has 1 aliphatic heterocycles. The number of hydrogen-bond donors (Lipinski definition) is 0. The average molecular weight is 229 g/mol. The van der Waals surface area contributed by atoms with Crippen molar-refractivity contribution in [3.05, 3.63) is 0 Å². The second-order valence-electron chi connectivity index (χ2n) is 4.28. The smallest absolute Gasteiger partial charge is 0.308 e. The molecule has 0 aromatic heterocycles. The summed E-state index contributed by atoms with van der Waals surface area (Å²) in [5.74, 6) is -0.0344. The lowest BCUT2D eigenvalue weighted by atomic mass is 10.1. The maximum absolute atomic E-state index is 11.4. The van der Waals surface area contributed by atoms with Gasteiger partial charge >= 0.3 is 5.97 Å². The van der Waals surface area contributed by atoms with Crippen LogP contribution in [0.2, 0.25) is 0 Å². The number of ether oxygens (including phenoxy) is 2. The maximum Gasteiger partial charge on any atom is 0.308 e. The Morgan fingerprint density at radius 2 is 2.12 bits per heavy atom. The molecular formula is C12H23NO3. The summed E-state index contributed by atoms with van der Waals surface area (Å²) in [5, 5.41) is 0. The van der Waals surface area contributed by atoms with Crippen LogP contribution >= 0.6 is 0 Å². The van der Waals surface area contributed by atoms with E-state index >= 15 is 0 Å². The summed E-state index contributed by atoms with van der Waals surface area (Å²) in [4.78, 5) is 13.7. The highest BCUT2D eigenvalue weighted by Crippen LogP contribution is 2.04. The number of rotatable bonds is 6. The van der Waals surface area contributed by atoms with Gasteiger partial charge in [0, 0.05) is 19.6 Å². The minimum atomic E-state index is -0.0653. The first-order chi connectivity index (χ1) is 7.74. The van der Waals surface area contributed by atoms with E-state index in [2.05, 4.69) is 4.90 Å². The van der Waals surface area contributed by atoms with Crippen molar-refractivity contribution in [2.75, 3.05) is 39.5 Å². The summed E-state index contributed by atoms with van der Waals surface area (Å²) >= 11 is 0. The topological polar surface area (TPSA) is 38.8 Å². The minimum absolute atomic E-state index is 0.0309. The van der Waals surface area contributed by atoms with Crippen molar-refractivity contribution >= 4 is 5.97 Å². The predicted molar refractivity (Wildman–Crippen MR) is 62.3 cm³/mol. The van der Waals surface area contributed by atoms with Crippen LogP contribution < -0.4 is 0 Å². The molecule has 1 rings (SSSR count). The van der Waals surface area contributed by atoms with E-state index in [1.54, 1.807) is 0 Å².